The first kappa shape index (κ1) is 46.4. The molecule has 3 heterocycles. The van der Waals surface area contributed by atoms with E-state index in [0.717, 1.165) is 18.2 Å². The summed E-state index contributed by atoms with van der Waals surface area (Å²) in [5.41, 5.74) is -5.98. The van der Waals surface area contributed by atoms with Gasteiger partial charge in [0.2, 0.25) is 5.78 Å². The van der Waals surface area contributed by atoms with Crippen LogP contribution >= 0.6 is 0 Å². The smallest absolute Gasteiger partial charge is 0.416 e. The molecule has 8 rings (SSSR count). The molecule has 350 valence electrons. The van der Waals surface area contributed by atoms with Crippen molar-refractivity contribution < 1.29 is 86.4 Å². The predicted octanol–water partition coefficient (Wildman–Crippen LogP) is 2.01. The van der Waals surface area contributed by atoms with Crippen molar-refractivity contribution in [1.82, 2.24) is 10.3 Å². The van der Waals surface area contributed by atoms with Gasteiger partial charge in [0.25, 0.3) is 17.7 Å². The average molecular weight is 925 g/mol. The van der Waals surface area contributed by atoms with Gasteiger partial charge in [-0.25, -0.2) is 10.3 Å². The summed E-state index contributed by atoms with van der Waals surface area (Å²) in [4.78, 5) is 68.9. The number of hydrazone groups is 1. The number of hydrogen-bond acceptors (Lipinski definition) is 17. The lowest BCUT2D eigenvalue weighted by atomic mass is 9.71. The van der Waals surface area contributed by atoms with Gasteiger partial charge in [-0.05, 0) is 31.2 Å². The Bertz CT molecular complexity index is 2580. The van der Waals surface area contributed by atoms with E-state index < -0.39 is 143 Å². The number of rotatable bonds is 10. The number of aromatic hydroxyl groups is 2. The van der Waals surface area contributed by atoms with Crippen molar-refractivity contribution >= 4 is 40.7 Å². The van der Waals surface area contributed by atoms with Crippen LogP contribution in [0.1, 0.15) is 84.8 Å². The number of phenolic OH excluding ortho intramolecular Hbond substituents is 2. The molecule has 1 unspecified atom stereocenters. The molecule has 3 aromatic carbocycles. The minimum Gasteiger partial charge on any atom is -0.507 e. The zero-order valence-corrected chi connectivity index (χ0v) is 35.3. The molecule has 3 aliphatic heterocycles. The number of methoxy groups -OCH3 is 2. The Kier molecular flexibility index (Phi) is 12.4. The zero-order valence-electron chi connectivity index (χ0n) is 35.3. The van der Waals surface area contributed by atoms with Gasteiger partial charge in [0, 0.05) is 79.9 Å². The van der Waals surface area contributed by atoms with E-state index in [1.807, 2.05) is 10.3 Å². The Morgan fingerprint density at radius 1 is 1.00 bits per heavy atom. The fourth-order valence-corrected chi connectivity index (χ4v) is 9.16. The fourth-order valence-electron chi connectivity index (χ4n) is 9.16. The van der Waals surface area contributed by atoms with Crippen LogP contribution in [-0.2, 0) is 41.1 Å². The average Bonchev–Trinajstić information content (AvgIpc) is 3.63. The number of nitrogens with zero attached hydrogens (tertiary/aromatic N) is 3. The number of phenols is 2. The quantitative estimate of drug-likeness (QED) is 0.0575. The SMILES string of the molecule is COc1cccc2c1C(=O)c1c(O)c3c(c(O)c1C2=O)C[C@@](O)(/C(CO)=N/NC(=O)c1cc(N2C(=O)C=CC2=O)cc(C(F)(F)F)c1)C[C@@H]3O[C@H]1CC(N2CCO[C@@H](OC)C2)[C@H](O)[C@H](C)O1. The molecule has 0 aromatic heterocycles. The van der Waals surface area contributed by atoms with Crippen LogP contribution in [0, 0.1) is 0 Å². The van der Waals surface area contributed by atoms with E-state index in [2.05, 4.69) is 5.10 Å². The standard InChI is InChI=1S/C44H43F3N4O15/c1-19-37(55)25(50-9-10-64-32(17-50)63-3)14-31(65-19)66-27-16-43(61,15-24-34(27)41(59)36-35(39(24)57)38(56)23-5-4-6-26(62-2)33(23)40(36)58)28(18-52)48-49-42(60)20-11-21(44(45,46)47)13-22(12-20)51-29(53)7-8-30(51)54/h4-8,11-13,19,25,27,31-32,37,52,55,57,59,61H,9-10,14-18H2,1-3H3,(H,49,60)/b48-28+/t19-,25?,27-,31-,32+,37+,43-/m0/s1. The predicted molar refractivity (Wildman–Crippen MR) is 219 cm³/mol. The molecular weight excluding hydrogens is 881 g/mol. The molecule has 7 atom stereocenters. The Morgan fingerprint density at radius 2 is 1.71 bits per heavy atom. The molecule has 2 aliphatic carbocycles. The van der Waals surface area contributed by atoms with Gasteiger partial charge >= 0.3 is 6.18 Å². The van der Waals surface area contributed by atoms with Crippen molar-refractivity contribution in [2.24, 2.45) is 5.10 Å². The highest BCUT2D eigenvalue weighted by Crippen LogP contribution is 2.53. The molecule has 0 bridgehead atoms. The van der Waals surface area contributed by atoms with Gasteiger partial charge in [0.1, 0.15) is 22.8 Å². The number of carbonyl (C=O) groups excluding carboxylic acids is 5. The van der Waals surface area contributed by atoms with Gasteiger partial charge in [0.15, 0.2) is 18.4 Å². The summed E-state index contributed by atoms with van der Waals surface area (Å²) in [6.07, 6.45) is -10.2. The van der Waals surface area contributed by atoms with E-state index >= 15 is 0 Å². The van der Waals surface area contributed by atoms with E-state index in [0.29, 0.717) is 23.6 Å². The lowest BCUT2D eigenvalue weighted by Gasteiger charge is -2.47. The lowest BCUT2D eigenvalue weighted by Crippen LogP contribution is -2.59. The summed E-state index contributed by atoms with van der Waals surface area (Å²) in [7, 11) is 2.74. The zero-order chi connectivity index (χ0) is 47.6. The summed E-state index contributed by atoms with van der Waals surface area (Å²) in [6.45, 7) is 1.38. The van der Waals surface area contributed by atoms with E-state index in [1.165, 1.54) is 32.4 Å². The number of benzene rings is 3. The highest BCUT2D eigenvalue weighted by molar-refractivity contribution is 6.31. The number of aliphatic hydroxyl groups is 3. The third-order valence-corrected chi connectivity index (χ3v) is 12.4. The number of ketones is 2. The second kappa shape index (κ2) is 17.6. The summed E-state index contributed by atoms with van der Waals surface area (Å²) in [5.74, 6) is -6.68. The molecule has 3 aromatic rings. The molecule has 0 spiro atoms. The first-order valence-corrected chi connectivity index (χ1v) is 20.5. The van der Waals surface area contributed by atoms with Crippen LogP contribution in [0.25, 0.3) is 0 Å². The molecule has 6 N–H and O–H groups in total. The second-order valence-electron chi connectivity index (χ2n) is 16.3. The van der Waals surface area contributed by atoms with E-state index in [4.69, 9.17) is 23.7 Å². The normalized spacial score (nSPS) is 26.9. The van der Waals surface area contributed by atoms with Gasteiger partial charge < -0.3 is 49.2 Å². The van der Waals surface area contributed by atoms with Crippen molar-refractivity contribution in [3.8, 4) is 17.2 Å². The van der Waals surface area contributed by atoms with Crippen LogP contribution in [0.5, 0.6) is 17.2 Å². The van der Waals surface area contributed by atoms with Crippen LogP contribution < -0.4 is 15.1 Å². The first-order valence-electron chi connectivity index (χ1n) is 20.5. The number of hydrogen-bond donors (Lipinski definition) is 6. The molecule has 0 saturated carbocycles. The van der Waals surface area contributed by atoms with Crippen molar-refractivity contribution in [3.05, 3.63) is 93.1 Å². The maximum Gasteiger partial charge on any atom is 0.416 e. The number of morpholine rings is 1. The first-order chi connectivity index (χ1) is 31.3. The van der Waals surface area contributed by atoms with Crippen LogP contribution in [0.4, 0.5) is 18.9 Å². The van der Waals surface area contributed by atoms with Crippen LogP contribution in [0.3, 0.4) is 0 Å². The van der Waals surface area contributed by atoms with Crippen molar-refractivity contribution in [1.29, 1.82) is 0 Å². The minimum absolute atomic E-state index is 0.00513. The number of halogens is 3. The maximum atomic E-state index is 14.2. The summed E-state index contributed by atoms with van der Waals surface area (Å²) in [5, 5.41) is 62.5. The van der Waals surface area contributed by atoms with Crippen LogP contribution in [0.2, 0.25) is 0 Å². The van der Waals surface area contributed by atoms with Gasteiger partial charge in [-0.2, -0.15) is 18.3 Å². The fraction of sp³-hybridized carbons (Fsp3) is 0.409. The second-order valence-corrected chi connectivity index (χ2v) is 16.3. The molecule has 2 saturated heterocycles. The maximum absolute atomic E-state index is 14.2. The Morgan fingerprint density at radius 3 is 2.38 bits per heavy atom. The number of anilines is 1. The number of fused-ring (bicyclic) bond motifs is 3. The molecule has 2 fully saturated rings. The topological polar surface area (TPSA) is 264 Å². The molecule has 22 heteroatoms. The van der Waals surface area contributed by atoms with Crippen LogP contribution in [0.15, 0.2) is 53.7 Å². The Hall–Kier alpha value is -6.11. The minimum atomic E-state index is -5.05. The number of amides is 3. The number of ether oxygens (including phenoxy) is 5. The summed E-state index contributed by atoms with van der Waals surface area (Å²) < 4.78 is 71.0. The van der Waals surface area contributed by atoms with E-state index in [1.54, 1.807) is 6.92 Å². The van der Waals surface area contributed by atoms with E-state index in [-0.39, 0.29) is 47.6 Å². The highest BCUT2D eigenvalue weighted by Gasteiger charge is 2.50. The molecule has 3 amide bonds. The summed E-state index contributed by atoms with van der Waals surface area (Å²) >= 11 is 0. The van der Waals surface area contributed by atoms with Crippen molar-refractivity contribution in [2.45, 2.75) is 74.9 Å². The Balaban J connectivity index is 1.19. The van der Waals surface area contributed by atoms with Crippen LogP contribution in [-0.4, -0.2) is 142 Å². The third kappa shape index (κ3) is 8.12. The number of nitrogens with one attached hydrogen (secondary N) is 1. The number of aliphatic hydroxyl groups excluding tert-OH is 2. The van der Waals surface area contributed by atoms with Gasteiger partial charge in [-0.1, -0.05) is 12.1 Å². The Labute approximate surface area is 372 Å². The third-order valence-electron chi connectivity index (χ3n) is 12.4. The van der Waals surface area contributed by atoms with Gasteiger partial charge in [0.05, 0.1) is 72.3 Å². The molecule has 19 nitrogen and oxygen atoms in total. The molecular formula is C44H43F3N4O15. The largest absolute Gasteiger partial charge is 0.507 e. The molecule has 5 aliphatic rings. The number of carbonyl (C=O) groups is 5. The van der Waals surface area contributed by atoms with Crippen molar-refractivity contribution in [3.63, 3.8) is 0 Å². The summed E-state index contributed by atoms with van der Waals surface area (Å²) in [6, 6.07) is 5.32. The van der Waals surface area contributed by atoms with Gasteiger partial charge in [-0.3, -0.25) is 28.9 Å². The lowest BCUT2D eigenvalue weighted by molar-refractivity contribution is -0.265. The number of imide groups is 1. The number of alkyl halides is 3. The van der Waals surface area contributed by atoms with E-state index in [9.17, 15) is 62.7 Å². The highest BCUT2D eigenvalue weighted by atomic mass is 19.4. The molecule has 66 heavy (non-hydrogen) atoms. The monoisotopic (exact) mass is 924 g/mol. The van der Waals surface area contributed by atoms with Gasteiger partial charge in [-0.15, -0.1) is 0 Å². The van der Waals surface area contributed by atoms with Crippen molar-refractivity contribution in [2.75, 3.05) is 45.4 Å². The molecule has 0 radical (unpaired) electrons.